The van der Waals surface area contributed by atoms with Gasteiger partial charge in [0.2, 0.25) is 0 Å². The Labute approximate surface area is 251 Å². The number of carbonyl (C=O) groups is 2. The number of nitrogens with zero attached hydrogens (tertiary/aromatic N) is 4. The van der Waals surface area contributed by atoms with Crippen LogP contribution < -0.4 is 10.3 Å². The minimum Gasteiger partial charge on any atom is -0.460 e. The Morgan fingerprint density at radius 2 is 1.81 bits per heavy atom. The Hall–Kier alpha value is -3.72. The summed E-state index contributed by atoms with van der Waals surface area (Å²) in [6.07, 6.45) is 6.84. The summed E-state index contributed by atoms with van der Waals surface area (Å²) in [6.45, 7) is 10.1. The molecule has 0 unspecified atom stereocenters. The van der Waals surface area contributed by atoms with Crippen molar-refractivity contribution in [1.29, 1.82) is 0 Å². The van der Waals surface area contributed by atoms with E-state index < -0.39 is 5.41 Å². The molecule has 7 rings (SSSR count). The largest absolute Gasteiger partial charge is 0.460 e. The van der Waals surface area contributed by atoms with E-state index in [9.17, 15) is 14.4 Å². The van der Waals surface area contributed by atoms with Crippen molar-refractivity contribution >= 4 is 23.0 Å². The fourth-order valence-corrected chi connectivity index (χ4v) is 7.63. The van der Waals surface area contributed by atoms with Gasteiger partial charge in [0.15, 0.2) is 0 Å². The first-order valence-corrected chi connectivity index (χ1v) is 15.9. The van der Waals surface area contributed by atoms with Crippen LogP contribution in [0.4, 0.5) is 4.79 Å². The lowest BCUT2D eigenvalue weighted by atomic mass is 9.76. The predicted molar refractivity (Wildman–Crippen MR) is 163 cm³/mol. The number of benzene rings is 1. The van der Waals surface area contributed by atoms with Gasteiger partial charge in [0.25, 0.3) is 5.56 Å². The summed E-state index contributed by atoms with van der Waals surface area (Å²) in [4.78, 5) is 49.0. The first-order chi connectivity index (χ1) is 20.8. The number of amides is 1. The van der Waals surface area contributed by atoms with Gasteiger partial charge in [-0.05, 0) is 93.9 Å². The van der Waals surface area contributed by atoms with E-state index in [-0.39, 0.29) is 24.2 Å². The maximum absolute atomic E-state index is 13.7. The molecule has 4 aliphatic rings. The van der Waals surface area contributed by atoms with Gasteiger partial charge in [0.1, 0.15) is 12.4 Å². The number of pyridine rings is 2. The van der Waals surface area contributed by atoms with Gasteiger partial charge in [-0.3, -0.25) is 9.59 Å². The lowest BCUT2D eigenvalue weighted by Crippen LogP contribution is -2.48. The highest BCUT2D eigenvalue weighted by Gasteiger charge is 2.43. The van der Waals surface area contributed by atoms with Gasteiger partial charge in [-0.1, -0.05) is 20.3 Å². The third-order valence-corrected chi connectivity index (χ3v) is 10.4. The zero-order valence-electron chi connectivity index (χ0n) is 25.4. The van der Waals surface area contributed by atoms with Crippen LogP contribution >= 0.6 is 0 Å². The monoisotopic (exact) mass is 584 g/mol. The molecule has 43 heavy (non-hydrogen) atoms. The first-order valence-electron chi connectivity index (χ1n) is 15.9. The predicted octanol–water partition coefficient (Wildman–Crippen LogP) is 5.16. The molecule has 1 amide bonds. The van der Waals surface area contributed by atoms with Gasteiger partial charge in [-0.15, -0.1) is 0 Å². The molecule has 0 aliphatic carbocycles. The van der Waals surface area contributed by atoms with E-state index in [1.54, 1.807) is 10.6 Å². The number of aromatic nitrogens is 2. The Morgan fingerprint density at radius 1 is 1.05 bits per heavy atom. The van der Waals surface area contributed by atoms with Crippen molar-refractivity contribution in [3.8, 4) is 17.1 Å². The molecular weight excluding hydrogens is 544 g/mol. The van der Waals surface area contributed by atoms with Gasteiger partial charge in [-0.25, -0.2) is 9.78 Å². The highest BCUT2D eigenvalue weighted by molar-refractivity contribution is 5.90. The zero-order chi connectivity index (χ0) is 29.9. The van der Waals surface area contributed by atoms with E-state index >= 15 is 0 Å². The van der Waals surface area contributed by atoms with Gasteiger partial charge in [0, 0.05) is 30.1 Å². The minimum absolute atomic E-state index is 0.0000875. The van der Waals surface area contributed by atoms with Crippen LogP contribution in [0.3, 0.4) is 0 Å². The third-order valence-electron chi connectivity index (χ3n) is 10.4. The van der Waals surface area contributed by atoms with E-state index in [1.807, 2.05) is 36.9 Å². The molecular formula is C34H40N4O5. The van der Waals surface area contributed by atoms with Crippen LogP contribution in [0.1, 0.15) is 81.5 Å². The number of hydrogen-bond donors (Lipinski definition) is 0. The molecule has 2 fully saturated rings. The molecule has 6 heterocycles. The molecule has 2 saturated heterocycles. The number of fused-ring (bicyclic) bond motifs is 5. The zero-order valence-corrected chi connectivity index (χ0v) is 25.4. The quantitative estimate of drug-likeness (QED) is 0.306. The van der Waals surface area contributed by atoms with Crippen LogP contribution in [0, 0.1) is 0 Å². The highest BCUT2D eigenvalue weighted by Crippen LogP contribution is 2.41. The molecule has 0 radical (unpaired) electrons. The number of rotatable bonds is 4. The summed E-state index contributed by atoms with van der Waals surface area (Å²) in [6, 6.07) is 8.16. The molecule has 0 N–H and O–H groups in total. The summed E-state index contributed by atoms with van der Waals surface area (Å²) in [7, 11) is 0. The smallest absolute Gasteiger partial charge is 0.415 e. The first kappa shape index (κ1) is 28.1. The number of esters is 1. The number of hydrogen-bond acceptors (Lipinski definition) is 7. The summed E-state index contributed by atoms with van der Waals surface area (Å²) < 4.78 is 13.1. The lowest BCUT2D eigenvalue weighted by molar-refractivity contribution is -0.153. The second-order valence-electron chi connectivity index (χ2n) is 12.7. The fraction of sp³-hybridized carbons (Fsp3) is 0.529. The van der Waals surface area contributed by atoms with Gasteiger partial charge >= 0.3 is 12.1 Å². The van der Waals surface area contributed by atoms with Crippen molar-refractivity contribution in [2.75, 3.05) is 26.2 Å². The molecule has 4 aliphatic heterocycles. The molecule has 1 atom stereocenters. The van der Waals surface area contributed by atoms with Crippen LogP contribution in [0.2, 0.25) is 0 Å². The Bertz CT molecular complexity index is 1680. The van der Waals surface area contributed by atoms with Crippen molar-refractivity contribution in [3.63, 3.8) is 0 Å². The van der Waals surface area contributed by atoms with Crippen molar-refractivity contribution in [3.05, 3.63) is 56.9 Å². The fourth-order valence-electron chi connectivity index (χ4n) is 7.63. The normalized spacial score (nSPS) is 22.2. The number of cyclic esters (lactones) is 1. The van der Waals surface area contributed by atoms with E-state index in [0.29, 0.717) is 43.4 Å². The Balaban J connectivity index is 1.16. The molecule has 1 aromatic carbocycles. The Morgan fingerprint density at radius 3 is 2.53 bits per heavy atom. The average Bonchev–Trinajstić information content (AvgIpc) is 3.41. The molecule has 9 heteroatoms. The van der Waals surface area contributed by atoms with Crippen LogP contribution in [-0.4, -0.2) is 63.6 Å². The molecule has 0 bridgehead atoms. The Kier molecular flexibility index (Phi) is 7.03. The van der Waals surface area contributed by atoms with E-state index in [0.717, 1.165) is 58.2 Å². The molecule has 0 saturated carbocycles. The van der Waals surface area contributed by atoms with Crippen molar-refractivity contribution in [2.45, 2.75) is 90.3 Å². The summed E-state index contributed by atoms with van der Waals surface area (Å²) in [5, 5.41) is 0.929. The second kappa shape index (κ2) is 10.8. The van der Waals surface area contributed by atoms with Gasteiger partial charge < -0.3 is 23.8 Å². The topological polar surface area (TPSA) is 94.0 Å². The molecule has 226 valence electrons. The van der Waals surface area contributed by atoms with Crippen LogP contribution in [0.5, 0.6) is 5.75 Å². The number of aryl methyl sites for hydroxylation is 1. The maximum Gasteiger partial charge on any atom is 0.415 e. The molecule has 3 aromatic rings. The molecule has 9 nitrogen and oxygen atoms in total. The number of likely N-dealkylation sites (tertiary alicyclic amines) is 2. The van der Waals surface area contributed by atoms with E-state index in [2.05, 4.69) is 11.8 Å². The van der Waals surface area contributed by atoms with E-state index in [1.165, 1.54) is 32.4 Å². The maximum atomic E-state index is 13.7. The van der Waals surface area contributed by atoms with Crippen molar-refractivity contribution in [1.82, 2.24) is 19.4 Å². The van der Waals surface area contributed by atoms with E-state index in [4.69, 9.17) is 14.5 Å². The highest BCUT2D eigenvalue weighted by atomic mass is 16.6. The number of carbonyl (C=O) groups excluding carboxylic acids is 2. The number of piperidine rings is 2. The van der Waals surface area contributed by atoms with Crippen LogP contribution in [-0.2, 0) is 34.5 Å². The van der Waals surface area contributed by atoms with Crippen LogP contribution in [0.15, 0.2) is 29.1 Å². The third kappa shape index (κ3) is 4.55. The van der Waals surface area contributed by atoms with Gasteiger partial charge in [0.05, 0.1) is 34.4 Å². The molecule has 2 aromatic heterocycles. The molecule has 0 spiro atoms. The van der Waals surface area contributed by atoms with Crippen molar-refractivity contribution in [2.24, 2.45) is 0 Å². The number of ether oxygens (including phenoxy) is 2. The summed E-state index contributed by atoms with van der Waals surface area (Å²) in [5.74, 6) is 0.212. The summed E-state index contributed by atoms with van der Waals surface area (Å²) in [5.41, 5.74) is 4.72. The SMILES string of the molecule is CCc1c2c(nc3ccc(OC(=O)N4CCC(N5CCCCC5)CC4)cc13)-c1cc3c(c(=O)n1C2)COC(=O)[C@]3(C)CC. The van der Waals surface area contributed by atoms with Gasteiger partial charge in [-0.2, -0.15) is 0 Å². The van der Waals surface area contributed by atoms with Crippen molar-refractivity contribution < 1.29 is 19.1 Å². The standard InChI is InChI=1S/C34H40N4O5/c1-4-23-24-17-22(43-33(41)37-15-11-21(12-16-37)36-13-7-6-8-14-36)9-10-28(24)35-30-25(23)19-38-29(30)18-27-26(31(38)39)20-42-32(40)34(27,3)5-2/h9-10,17-18,21H,4-8,11-16,19-20H2,1-3H3/t34-/m1/s1. The minimum atomic E-state index is -0.864. The summed E-state index contributed by atoms with van der Waals surface area (Å²) >= 11 is 0. The van der Waals surface area contributed by atoms with Crippen LogP contribution in [0.25, 0.3) is 22.3 Å². The second-order valence-corrected chi connectivity index (χ2v) is 12.7. The lowest BCUT2D eigenvalue weighted by Gasteiger charge is -2.39. The average molecular weight is 585 g/mol.